The van der Waals surface area contributed by atoms with Crippen LogP contribution in [0.15, 0.2) is 71.6 Å². The normalized spacial score (nSPS) is 11.4. The molecule has 0 aliphatic heterocycles. The number of hydrogen-bond acceptors (Lipinski definition) is 5. The maximum atomic E-state index is 12.4. The first-order chi connectivity index (χ1) is 13.9. The van der Waals surface area contributed by atoms with E-state index in [2.05, 4.69) is 0 Å². The molecule has 6 heteroatoms. The van der Waals surface area contributed by atoms with Gasteiger partial charge in [0.1, 0.15) is 22.1 Å². The molecule has 0 fully saturated rings. The molecule has 3 aromatic rings. The van der Waals surface area contributed by atoms with Crippen LogP contribution in [0.2, 0.25) is 0 Å². The lowest BCUT2D eigenvalue weighted by atomic mass is 10.1. The standard InChI is InChI=1S/C23H22O5S/c1-17-4-12-23(13-5-17)29(24,25)28-20-10-8-18(9-11-20)6-7-19-14-21(26-2)16-22(15-19)27-3/h4-16H,1-3H3. The van der Waals surface area contributed by atoms with Crippen LogP contribution in [0.1, 0.15) is 16.7 Å². The topological polar surface area (TPSA) is 61.8 Å². The molecule has 0 radical (unpaired) electrons. The lowest BCUT2D eigenvalue weighted by Gasteiger charge is -2.07. The van der Waals surface area contributed by atoms with Crippen LogP contribution in [-0.4, -0.2) is 22.6 Å². The number of hydrogen-bond donors (Lipinski definition) is 0. The minimum atomic E-state index is -3.86. The van der Waals surface area contributed by atoms with Crippen molar-refractivity contribution in [2.75, 3.05) is 14.2 Å². The summed E-state index contributed by atoms with van der Waals surface area (Å²) in [7, 11) is -0.654. The zero-order chi connectivity index (χ0) is 20.9. The molecule has 0 atom stereocenters. The Balaban J connectivity index is 1.73. The van der Waals surface area contributed by atoms with E-state index >= 15 is 0 Å². The molecule has 3 rings (SSSR count). The van der Waals surface area contributed by atoms with Gasteiger partial charge < -0.3 is 13.7 Å². The van der Waals surface area contributed by atoms with Crippen LogP contribution in [-0.2, 0) is 10.1 Å². The van der Waals surface area contributed by atoms with Crippen molar-refractivity contribution in [2.24, 2.45) is 0 Å². The van der Waals surface area contributed by atoms with E-state index in [9.17, 15) is 8.42 Å². The van der Waals surface area contributed by atoms with Crippen LogP contribution < -0.4 is 13.7 Å². The summed E-state index contributed by atoms with van der Waals surface area (Å²) in [4.78, 5) is 0.124. The molecule has 0 amide bonds. The second-order valence-electron chi connectivity index (χ2n) is 6.40. The van der Waals surface area contributed by atoms with Gasteiger partial charge in [0, 0.05) is 6.07 Å². The van der Waals surface area contributed by atoms with E-state index < -0.39 is 10.1 Å². The van der Waals surface area contributed by atoms with Crippen molar-refractivity contribution in [3.05, 3.63) is 83.4 Å². The van der Waals surface area contributed by atoms with Gasteiger partial charge in [0.2, 0.25) is 0 Å². The maximum Gasteiger partial charge on any atom is 0.339 e. The second kappa shape index (κ2) is 8.84. The maximum absolute atomic E-state index is 12.4. The average molecular weight is 410 g/mol. The van der Waals surface area contributed by atoms with Gasteiger partial charge in [-0.1, -0.05) is 42.0 Å². The van der Waals surface area contributed by atoms with Crippen LogP contribution in [0.25, 0.3) is 12.2 Å². The van der Waals surface area contributed by atoms with E-state index in [1.807, 2.05) is 31.2 Å². The van der Waals surface area contributed by atoms with Gasteiger partial charge in [0.15, 0.2) is 0 Å². The Labute approximate surface area is 171 Å². The molecule has 0 aromatic heterocycles. The molecule has 29 heavy (non-hydrogen) atoms. The molecule has 3 aromatic carbocycles. The molecule has 150 valence electrons. The Hall–Kier alpha value is -3.25. The third kappa shape index (κ3) is 5.39. The first-order valence-corrected chi connectivity index (χ1v) is 10.3. The fourth-order valence-corrected chi connectivity index (χ4v) is 3.56. The smallest absolute Gasteiger partial charge is 0.339 e. The lowest BCUT2D eigenvalue weighted by Crippen LogP contribution is -2.09. The van der Waals surface area contributed by atoms with Gasteiger partial charge in [-0.25, -0.2) is 0 Å². The summed E-state index contributed by atoms with van der Waals surface area (Å²) in [5.74, 6) is 1.66. The Bertz CT molecular complexity index is 1080. The summed E-state index contributed by atoms with van der Waals surface area (Å²) in [6, 6.07) is 18.9. The quantitative estimate of drug-likeness (QED) is 0.407. The summed E-state index contributed by atoms with van der Waals surface area (Å²) in [6.07, 6.45) is 3.83. The molecule has 0 aliphatic rings. The fourth-order valence-electron chi connectivity index (χ4n) is 2.63. The van der Waals surface area contributed by atoms with Gasteiger partial charge in [-0.15, -0.1) is 0 Å². The van der Waals surface area contributed by atoms with Crippen molar-refractivity contribution in [1.29, 1.82) is 0 Å². The van der Waals surface area contributed by atoms with Crippen molar-refractivity contribution in [2.45, 2.75) is 11.8 Å². The Morgan fingerprint density at radius 1 is 0.690 bits per heavy atom. The SMILES string of the molecule is COc1cc(C=Cc2ccc(OS(=O)(=O)c3ccc(C)cc3)cc2)cc(OC)c1. The van der Waals surface area contributed by atoms with Crippen LogP contribution in [0.3, 0.4) is 0 Å². The van der Waals surface area contributed by atoms with Crippen molar-refractivity contribution < 1.29 is 22.1 Å². The lowest BCUT2D eigenvalue weighted by molar-refractivity contribution is 0.394. The number of ether oxygens (including phenoxy) is 2. The average Bonchev–Trinajstić information content (AvgIpc) is 2.73. The third-order valence-corrected chi connectivity index (χ3v) is 5.50. The van der Waals surface area contributed by atoms with Gasteiger partial charge in [-0.05, 0) is 54.4 Å². The molecule has 0 heterocycles. The van der Waals surface area contributed by atoms with Crippen LogP contribution in [0.5, 0.6) is 17.2 Å². The van der Waals surface area contributed by atoms with Gasteiger partial charge in [0.25, 0.3) is 0 Å². The molecular formula is C23H22O5S. The van der Waals surface area contributed by atoms with E-state index in [1.54, 1.807) is 56.7 Å². The molecular weight excluding hydrogens is 388 g/mol. The van der Waals surface area contributed by atoms with E-state index in [-0.39, 0.29) is 10.6 Å². The molecule has 5 nitrogen and oxygen atoms in total. The highest BCUT2D eigenvalue weighted by Crippen LogP contribution is 2.24. The van der Waals surface area contributed by atoms with E-state index in [0.717, 1.165) is 16.7 Å². The zero-order valence-corrected chi connectivity index (χ0v) is 17.3. The van der Waals surface area contributed by atoms with Gasteiger partial charge in [-0.3, -0.25) is 0 Å². The second-order valence-corrected chi connectivity index (χ2v) is 7.95. The van der Waals surface area contributed by atoms with Crippen molar-refractivity contribution >= 4 is 22.3 Å². The van der Waals surface area contributed by atoms with Gasteiger partial charge in [0.05, 0.1) is 14.2 Å². The number of benzene rings is 3. The van der Waals surface area contributed by atoms with Crippen molar-refractivity contribution in [3.8, 4) is 17.2 Å². The van der Waals surface area contributed by atoms with Crippen LogP contribution in [0.4, 0.5) is 0 Å². The summed E-state index contributed by atoms with van der Waals surface area (Å²) < 4.78 is 40.5. The van der Waals surface area contributed by atoms with E-state index in [0.29, 0.717) is 11.5 Å². The number of rotatable bonds is 7. The zero-order valence-electron chi connectivity index (χ0n) is 16.5. The first-order valence-electron chi connectivity index (χ1n) is 8.92. The summed E-state index contributed by atoms with van der Waals surface area (Å²) in [5, 5.41) is 0. The Morgan fingerprint density at radius 3 is 1.79 bits per heavy atom. The largest absolute Gasteiger partial charge is 0.497 e. The predicted molar refractivity (Wildman–Crippen MR) is 114 cm³/mol. The summed E-state index contributed by atoms with van der Waals surface area (Å²) >= 11 is 0. The Kier molecular flexibility index (Phi) is 6.24. The van der Waals surface area contributed by atoms with Crippen LogP contribution >= 0.6 is 0 Å². The minimum Gasteiger partial charge on any atom is -0.497 e. The molecule has 0 bridgehead atoms. The highest BCUT2D eigenvalue weighted by Gasteiger charge is 2.16. The highest BCUT2D eigenvalue weighted by molar-refractivity contribution is 7.87. The fraction of sp³-hybridized carbons (Fsp3) is 0.130. The number of aryl methyl sites for hydroxylation is 1. The first kappa shape index (κ1) is 20.5. The summed E-state index contributed by atoms with van der Waals surface area (Å²) in [6.45, 7) is 1.89. The predicted octanol–water partition coefficient (Wildman–Crippen LogP) is 4.95. The summed E-state index contributed by atoms with van der Waals surface area (Å²) in [5.41, 5.74) is 2.80. The molecule has 0 saturated carbocycles. The van der Waals surface area contributed by atoms with Crippen molar-refractivity contribution in [3.63, 3.8) is 0 Å². The van der Waals surface area contributed by atoms with E-state index in [4.69, 9.17) is 13.7 Å². The Morgan fingerprint density at radius 2 is 1.24 bits per heavy atom. The number of methoxy groups -OCH3 is 2. The molecule has 0 N–H and O–H groups in total. The van der Waals surface area contributed by atoms with Crippen molar-refractivity contribution in [1.82, 2.24) is 0 Å². The molecule has 0 saturated heterocycles. The molecule has 0 spiro atoms. The minimum absolute atomic E-state index is 0.124. The van der Waals surface area contributed by atoms with E-state index in [1.165, 1.54) is 12.1 Å². The van der Waals surface area contributed by atoms with Gasteiger partial charge in [-0.2, -0.15) is 8.42 Å². The van der Waals surface area contributed by atoms with Crippen LogP contribution in [0, 0.1) is 6.92 Å². The highest BCUT2D eigenvalue weighted by atomic mass is 32.2. The van der Waals surface area contributed by atoms with Gasteiger partial charge >= 0.3 is 10.1 Å². The third-order valence-electron chi connectivity index (χ3n) is 4.24. The monoisotopic (exact) mass is 410 g/mol. The molecule has 0 unspecified atom stereocenters. The molecule has 0 aliphatic carbocycles.